The molecular formula is C18H18ClN3O5S. The Kier molecular flexibility index (Phi) is 6.30. The molecule has 0 aromatic heterocycles. The number of rotatable bonds is 4. The van der Waals surface area contributed by atoms with Crippen LogP contribution in [0, 0.1) is 0 Å². The van der Waals surface area contributed by atoms with Gasteiger partial charge >= 0.3 is 11.8 Å². The van der Waals surface area contributed by atoms with E-state index in [9.17, 15) is 18.0 Å². The number of hydrogen-bond acceptors (Lipinski definition) is 5. The van der Waals surface area contributed by atoms with E-state index in [0.717, 1.165) is 0 Å². The summed E-state index contributed by atoms with van der Waals surface area (Å²) in [5.41, 5.74) is 0.488. The van der Waals surface area contributed by atoms with E-state index >= 15 is 0 Å². The first-order chi connectivity index (χ1) is 13.4. The third kappa shape index (κ3) is 4.68. The Balaban J connectivity index is 1.76. The van der Waals surface area contributed by atoms with Gasteiger partial charge in [-0.2, -0.15) is 4.31 Å². The molecule has 2 aromatic rings. The molecule has 1 aliphatic heterocycles. The highest BCUT2D eigenvalue weighted by Gasteiger charge is 2.27. The Morgan fingerprint density at radius 3 is 2.29 bits per heavy atom. The number of nitrogens with one attached hydrogen (secondary N) is 2. The van der Waals surface area contributed by atoms with E-state index in [4.69, 9.17) is 16.3 Å². The maximum atomic E-state index is 12.7. The molecule has 2 aromatic carbocycles. The molecule has 1 heterocycles. The molecule has 1 fully saturated rings. The summed E-state index contributed by atoms with van der Waals surface area (Å²) in [6.07, 6.45) is 0. The molecule has 0 saturated carbocycles. The summed E-state index contributed by atoms with van der Waals surface area (Å²) in [7, 11) is -3.76. The van der Waals surface area contributed by atoms with Crippen LogP contribution in [0.3, 0.4) is 0 Å². The molecule has 10 heteroatoms. The maximum absolute atomic E-state index is 12.7. The zero-order valence-corrected chi connectivity index (χ0v) is 16.3. The highest BCUT2D eigenvalue weighted by atomic mass is 35.5. The lowest BCUT2D eigenvalue weighted by molar-refractivity contribution is -0.132. The van der Waals surface area contributed by atoms with Gasteiger partial charge in [0.1, 0.15) is 0 Å². The average molecular weight is 424 g/mol. The van der Waals surface area contributed by atoms with Crippen LogP contribution in [0.4, 0.5) is 11.4 Å². The number of carbonyl (C=O) groups excluding carboxylic acids is 2. The Morgan fingerprint density at radius 2 is 1.61 bits per heavy atom. The lowest BCUT2D eigenvalue weighted by Crippen LogP contribution is -2.40. The van der Waals surface area contributed by atoms with Crippen molar-refractivity contribution in [2.75, 3.05) is 36.9 Å². The quantitative estimate of drug-likeness (QED) is 0.731. The van der Waals surface area contributed by atoms with Gasteiger partial charge in [0.05, 0.1) is 28.8 Å². The molecule has 2 amide bonds. The van der Waals surface area contributed by atoms with Gasteiger partial charge < -0.3 is 15.4 Å². The van der Waals surface area contributed by atoms with Crippen LogP contribution in [0.2, 0.25) is 5.02 Å². The van der Waals surface area contributed by atoms with Gasteiger partial charge in [-0.25, -0.2) is 8.42 Å². The Labute approximate surface area is 167 Å². The lowest BCUT2D eigenvalue weighted by Gasteiger charge is -2.26. The zero-order valence-electron chi connectivity index (χ0n) is 14.7. The number of morpholine rings is 1. The molecule has 3 rings (SSSR count). The second-order valence-corrected chi connectivity index (χ2v) is 8.28. The van der Waals surface area contributed by atoms with Gasteiger partial charge in [0, 0.05) is 18.8 Å². The van der Waals surface area contributed by atoms with Crippen LogP contribution in [-0.4, -0.2) is 50.8 Å². The molecule has 0 atom stereocenters. The summed E-state index contributed by atoms with van der Waals surface area (Å²) in [5.74, 6) is -1.87. The summed E-state index contributed by atoms with van der Waals surface area (Å²) in [6, 6.07) is 12.4. The molecule has 8 nitrogen and oxygen atoms in total. The summed E-state index contributed by atoms with van der Waals surface area (Å²) in [4.78, 5) is 24.2. The number of amides is 2. The van der Waals surface area contributed by atoms with E-state index in [1.807, 2.05) is 0 Å². The second-order valence-electron chi connectivity index (χ2n) is 5.93. The van der Waals surface area contributed by atoms with Gasteiger partial charge in [0.25, 0.3) is 0 Å². The van der Waals surface area contributed by atoms with Gasteiger partial charge in [0.2, 0.25) is 10.0 Å². The Morgan fingerprint density at radius 1 is 0.964 bits per heavy atom. The molecule has 0 bridgehead atoms. The van der Waals surface area contributed by atoms with E-state index in [1.54, 1.807) is 30.3 Å². The molecule has 0 aliphatic carbocycles. The van der Waals surface area contributed by atoms with Crippen molar-refractivity contribution in [1.29, 1.82) is 0 Å². The van der Waals surface area contributed by atoms with Crippen LogP contribution >= 0.6 is 11.6 Å². The third-order valence-electron chi connectivity index (χ3n) is 4.03. The van der Waals surface area contributed by atoms with Gasteiger partial charge in [-0.15, -0.1) is 0 Å². The first-order valence-corrected chi connectivity index (χ1v) is 10.2. The minimum absolute atomic E-state index is 0.0300. The lowest BCUT2D eigenvalue weighted by atomic mass is 10.3. The SMILES string of the molecule is O=C(Nc1ccccc1)C(=O)Nc1cc(S(=O)(=O)N2CCOCC2)ccc1Cl. The van der Waals surface area contributed by atoms with Crippen molar-refractivity contribution < 1.29 is 22.7 Å². The molecule has 0 spiro atoms. The van der Waals surface area contributed by atoms with E-state index in [2.05, 4.69) is 10.6 Å². The fourth-order valence-corrected chi connectivity index (χ4v) is 4.18. The number of halogens is 1. The molecule has 0 radical (unpaired) electrons. The van der Waals surface area contributed by atoms with Gasteiger partial charge in [-0.05, 0) is 30.3 Å². The number of nitrogens with zero attached hydrogens (tertiary/aromatic N) is 1. The number of para-hydroxylation sites is 1. The highest BCUT2D eigenvalue weighted by molar-refractivity contribution is 7.89. The standard InChI is InChI=1S/C18H18ClN3O5S/c19-15-7-6-14(28(25,26)22-8-10-27-11-9-22)12-16(15)21-18(24)17(23)20-13-4-2-1-3-5-13/h1-7,12H,8-11H2,(H,20,23)(H,21,24). The first-order valence-electron chi connectivity index (χ1n) is 8.43. The van der Waals surface area contributed by atoms with E-state index in [1.165, 1.54) is 22.5 Å². The number of hydrogen-bond donors (Lipinski definition) is 2. The summed E-state index contributed by atoms with van der Waals surface area (Å²) in [6.45, 7) is 1.12. The van der Waals surface area contributed by atoms with Crippen LogP contribution in [0.15, 0.2) is 53.4 Å². The van der Waals surface area contributed by atoms with Gasteiger partial charge in [0.15, 0.2) is 0 Å². The summed E-state index contributed by atoms with van der Waals surface area (Å²) in [5, 5.41) is 4.91. The van der Waals surface area contributed by atoms with Crippen molar-refractivity contribution >= 4 is 44.8 Å². The predicted octanol–water partition coefficient (Wildman–Crippen LogP) is 1.94. The predicted molar refractivity (Wildman–Crippen MR) is 105 cm³/mol. The largest absolute Gasteiger partial charge is 0.379 e. The topological polar surface area (TPSA) is 105 Å². The van der Waals surface area contributed by atoms with Crippen molar-refractivity contribution in [3.05, 3.63) is 53.6 Å². The van der Waals surface area contributed by atoms with Crippen molar-refractivity contribution in [3.63, 3.8) is 0 Å². The van der Waals surface area contributed by atoms with Crippen LogP contribution in [0.1, 0.15) is 0 Å². The van der Waals surface area contributed by atoms with Gasteiger partial charge in [-0.1, -0.05) is 29.8 Å². The zero-order chi connectivity index (χ0) is 20.1. The molecular weight excluding hydrogens is 406 g/mol. The fraction of sp³-hybridized carbons (Fsp3) is 0.222. The van der Waals surface area contributed by atoms with Gasteiger partial charge in [-0.3, -0.25) is 9.59 Å². The van der Waals surface area contributed by atoms with E-state index in [0.29, 0.717) is 18.9 Å². The Hall–Kier alpha value is -2.46. The number of benzene rings is 2. The van der Waals surface area contributed by atoms with Crippen LogP contribution in [0.25, 0.3) is 0 Å². The highest BCUT2D eigenvalue weighted by Crippen LogP contribution is 2.27. The minimum Gasteiger partial charge on any atom is -0.379 e. The van der Waals surface area contributed by atoms with Crippen LogP contribution in [0.5, 0.6) is 0 Å². The number of carbonyl (C=O) groups is 2. The first kappa shape index (κ1) is 20.3. The van der Waals surface area contributed by atoms with Crippen LogP contribution < -0.4 is 10.6 Å². The molecule has 1 saturated heterocycles. The minimum atomic E-state index is -3.76. The average Bonchev–Trinajstić information content (AvgIpc) is 2.71. The number of sulfonamides is 1. The molecule has 148 valence electrons. The smallest absolute Gasteiger partial charge is 0.314 e. The molecule has 28 heavy (non-hydrogen) atoms. The monoisotopic (exact) mass is 423 g/mol. The number of ether oxygens (including phenoxy) is 1. The summed E-state index contributed by atoms with van der Waals surface area (Å²) >= 11 is 6.07. The maximum Gasteiger partial charge on any atom is 0.314 e. The molecule has 2 N–H and O–H groups in total. The van der Waals surface area contributed by atoms with Crippen molar-refractivity contribution in [1.82, 2.24) is 4.31 Å². The van der Waals surface area contributed by atoms with Crippen molar-refractivity contribution in [2.24, 2.45) is 0 Å². The number of anilines is 2. The van der Waals surface area contributed by atoms with Crippen molar-refractivity contribution in [2.45, 2.75) is 4.90 Å². The van der Waals surface area contributed by atoms with Crippen molar-refractivity contribution in [3.8, 4) is 0 Å². The Bertz CT molecular complexity index is 976. The van der Waals surface area contributed by atoms with E-state index < -0.39 is 21.8 Å². The van der Waals surface area contributed by atoms with Crippen LogP contribution in [-0.2, 0) is 24.3 Å². The van der Waals surface area contributed by atoms with E-state index in [-0.39, 0.29) is 28.7 Å². The fourth-order valence-electron chi connectivity index (χ4n) is 2.59. The second kappa shape index (κ2) is 8.70. The molecule has 0 unspecified atom stereocenters. The summed E-state index contributed by atoms with van der Waals surface area (Å²) < 4.78 is 32.0. The molecule has 1 aliphatic rings. The third-order valence-corrected chi connectivity index (χ3v) is 6.26. The normalized spacial score (nSPS) is 15.0.